The van der Waals surface area contributed by atoms with Crippen LogP contribution in [0.25, 0.3) is 0 Å². The van der Waals surface area contributed by atoms with E-state index in [2.05, 4.69) is 43.1 Å². The second kappa shape index (κ2) is 6.05. The van der Waals surface area contributed by atoms with E-state index >= 15 is 0 Å². The first-order valence-corrected chi connectivity index (χ1v) is 7.24. The number of rotatable bonds is 3. The molecule has 0 amide bonds. The van der Waals surface area contributed by atoms with Crippen LogP contribution in [0.4, 0.5) is 0 Å². The van der Waals surface area contributed by atoms with Gasteiger partial charge in [0, 0.05) is 36.2 Å². The standard InChI is InChI=1S/C15H23ClN2/c1-4-15-10-18(11(2)9-17-15)12(3)13-6-5-7-14(16)8-13/h5-8,11-12,15,17H,4,9-10H2,1-3H3. The molecule has 18 heavy (non-hydrogen) atoms. The Kier molecular flexibility index (Phi) is 4.66. The lowest BCUT2D eigenvalue weighted by Gasteiger charge is -2.42. The Morgan fingerprint density at radius 2 is 2.28 bits per heavy atom. The van der Waals surface area contributed by atoms with Gasteiger partial charge >= 0.3 is 0 Å². The van der Waals surface area contributed by atoms with Gasteiger partial charge in [-0.25, -0.2) is 0 Å². The summed E-state index contributed by atoms with van der Waals surface area (Å²) in [5, 5.41) is 4.43. The van der Waals surface area contributed by atoms with Crippen molar-refractivity contribution >= 4 is 11.6 Å². The molecule has 1 fully saturated rings. The van der Waals surface area contributed by atoms with Crippen LogP contribution in [0.3, 0.4) is 0 Å². The second-order valence-corrected chi connectivity index (χ2v) is 5.73. The van der Waals surface area contributed by atoms with Gasteiger partial charge < -0.3 is 5.32 Å². The van der Waals surface area contributed by atoms with Crippen molar-refractivity contribution in [2.75, 3.05) is 13.1 Å². The minimum atomic E-state index is 0.426. The van der Waals surface area contributed by atoms with E-state index in [1.54, 1.807) is 0 Å². The van der Waals surface area contributed by atoms with E-state index in [-0.39, 0.29) is 0 Å². The zero-order chi connectivity index (χ0) is 13.1. The second-order valence-electron chi connectivity index (χ2n) is 5.29. The van der Waals surface area contributed by atoms with Crippen LogP contribution in [0, 0.1) is 0 Å². The van der Waals surface area contributed by atoms with Gasteiger partial charge in [0.2, 0.25) is 0 Å². The largest absolute Gasteiger partial charge is 0.311 e. The highest BCUT2D eigenvalue weighted by Crippen LogP contribution is 2.26. The van der Waals surface area contributed by atoms with Crippen molar-refractivity contribution in [3.05, 3.63) is 34.9 Å². The van der Waals surface area contributed by atoms with E-state index in [0.717, 1.165) is 18.1 Å². The van der Waals surface area contributed by atoms with Crippen LogP contribution >= 0.6 is 11.6 Å². The molecule has 1 aliphatic heterocycles. The molecule has 1 N–H and O–H groups in total. The van der Waals surface area contributed by atoms with E-state index in [1.165, 1.54) is 12.0 Å². The van der Waals surface area contributed by atoms with Crippen LogP contribution < -0.4 is 5.32 Å². The van der Waals surface area contributed by atoms with Crippen molar-refractivity contribution in [1.82, 2.24) is 10.2 Å². The van der Waals surface area contributed by atoms with Gasteiger partial charge in [-0.2, -0.15) is 0 Å². The van der Waals surface area contributed by atoms with Crippen LogP contribution in [0.5, 0.6) is 0 Å². The maximum Gasteiger partial charge on any atom is 0.0409 e. The Hall–Kier alpha value is -0.570. The molecule has 0 bridgehead atoms. The van der Waals surface area contributed by atoms with E-state index in [0.29, 0.717) is 18.1 Å². The number of benzene rings is 1. The van der Waals surface area contributed by atoms with Crippen molar-refractivity contribution in [1.29, 1.82) is 0 Å². The van der Waals surface area contributed by atoms with Crippen LogP contribution in [0.2, 0.25) is 5.02 Å². The quantitative estimate of drug-likeness (QED) is 0.901. The first-order valence-electron chi connectivity index (χ1n) is 6.86. The van der Waals surface area contributed by atoms with Gasteiger partial charge in [-0.1, -0.05) is 30.7 Å². The van der Waals surface area contributed by atoms with Gasteiger partial charge in [0.1, 0.15) is 0 Å². The number of halogens is 1. The maximum atomic E-state index is 6.09. The molecule has 100 valence electrons. The lowest BCUT2D eigenvalue weighted by atomic mass is 10.0. The van der Waals surface area contributed by atoms with E-state index in [4.69, 9.17) is 11.6 Å². The third-order valence-corrected chi connectivity index (χ3v) is 4.26. The van der Waals surface area contributed by atoms with E-state index in [9.17, 15) is 0 Å². The average Bonchev–Trinajstić information content (AvgIpc) is 2.38. The predicted octanol–water partition coefficient (Wildman–Crippen LogP) is 3.47. The fourth-order valence-electron chi connectivity index (χ4n) is 2.72. The molecule has 1 aromatic carbocycles. The number of hydrogen-bond donors (Lipinski definition) is 1. The maximum absolute atomic E-state index is 6.09. The predicted molar refractivity (Wildman–Crippen MR) is 78.1 cm³/mol. The van der Waals surface area contributed by atoms with Gasteiger partial charge in [-0.15, -0.1) is 0 Å². The average molecular weight is 267 g/mol. The number of nitrogens with one attached hydrogen (secondary N) is 1. The molecule has 0 radical (unpaired) electrons. The van der Waals surface area contributed by atoms with Crippen molar-refractivity contribution in [2.24, 2.45) is 0 Å². The lowest BCUT2D eigenvalue weighted by Crippen LogP contribution is -2.55. The summed E-state index contributed by atoms with van der Waals surface area (Å²) in [7, 11) is 0. The van der Waals surface area contributed by atoms with Crippen LogP contribution in [-0.4, -0.2) is 30.1 Å². The Balaban J connectivity index is 2.13. The number of nitrogens with zero attached hydrogens (tertiary/aromatic N) is 1. The highest BCUT2D eigenvalue weighted by Gasteiger charge is 2.28. The molecule has 1 heterocycles. The van der Waals surface area contributed by atoms with Gasteiger partial charge in [0.05, 0.1) is 0 Å². The summed E-state index contributed by atoms with van der Waals surface area (Å²) in [4.78, 5) is 2.58. The molecular formula is C15H23ClN2. The summed E-state index contributed by atoms with van der Waals surface area (Å²) >= 11 is 6.09. The van der Waals surface area contributed by atoms with Gasteiger partial charge in [0.25, 0.3) is 0 Å². The highest BCUT2D eigenvalue weighted by molar-refractivity contribution is 6.30. The Morgan fingerprint density at radius 3 is 2.94 bits per heavy atom. The SMILES string of the molecule is CCC1CN(C(C)c2cccc(Cl)c2)C(C)CN1. The van der Waals surface area contributed by atoms with Crippen molar-refractivity contribution in [3.8, 4) is 0 Å². The third-order valence-electron chi connectivity index (χ3n) is 4.02. The molecule has 0 aliphatic carbocycles. The molecule has 0 spiro atoms. The molecule has 3 atom stereocenters. The van der Waals surface area contributed by atoms with Gasteiger partial charge in [-0.3, -0.25) is 4.90 Å². The summed E-state index contributed by atoms with van der Waals surface area (Å²) in [5.74, 6) is 0. The first kappa shape index (κ1) is 13.9. The molecule has 1 aliphatic rings. The van der Waals surface area contributed by atoms with E-state index < -0.39 is 0 Å². The topological polar surface area (TPSA) is 15.3 Å². The van der Waals surface area contributed by atoms with Gasteiger partial charge in [0.15, 0.2) is 0 Å². The highest BCUT2D eigenvalue weighted by atomic mass is 35.5. The number of piperazine rings is 1. The molecule has 2 nitrogen and oxygen atoms in total. The monoisotopic (exact) mass is 266 g/mol. The Labute approximate surface area is 115 Å². The smallest absolute Gasteiger partial charge is 0.0409 e. The molecule has 2 rings (SSSR count). The zero-order valence-corrected chi connectivity index (χ0v) is 12.2. The molecular weight excluding hydrogens is 244 g/mol. The Bertz CT molecular complexity index is 394. The molecule has 3 unspecified atom stereocenters. The van der Waals surface area contributed by atoms with Crippen LogP contribution in [0.15, 0.2) is 24.3 Å². The zero-order valence-electron chi connectivity index (χ0n) is 11.5. The third kappa shape index (κ3) is 3.05. The minimum absolute atomic E-state index is 0.426. The Morgan fingerprint density at radius 1 is 1.50 bits per heavy atom. The minimum Gasteiger partial charge on any atom is -0.311 e. The van der Waals surface area contributed by atoms with Gasteiger partial charge in [-0.05, 0) is 38.0 Å². The summed E-state index contributed by atoms with van der Waals surface area (Å²) < 4.78 is 0. The van der Waals surface area contributed by atoms with Crippen LogP contribution in [-0.2, 0) is 0 Å². The van der Waals surface area contributed by atoms with Crippen molar-refractivity contribution in [2.45, 2.75) is 45.3 Å². The first-order chi connectivity index (χ1) is 8.61. The molecule has 1 aromatic rings. The fourth-order valence-corrected chi connectivity index (χ4v) is 2.92. The normalized spacial score (nSPS) is 27.1. The fraction of sp³-hybridized carbons (Fsp3) is 0.600. The molecule has 3 heteroatoms. The van der Waals surface area contributed by atoms with Crippen molar-refractivity contribution in [3.63, 3.8) is 0 Å². The molecule has 0 aromatic heterocycles. The number of hydrogen-bond acceptors (Lipinski definition) is 2. The summed E-state index contributed by atoms with van der Waals surface area (Å²) in [5.41, 5.74) is 1.31. The summed E-state index contributed by atoms with van der Waals surface area (Å²) in [6, 6.07) is 9.85. The van der Waals surface area contributed by atoms with E-state index in [1.807, 2.05) is 12.1 Å². The lowest BCUT2D eigenvalue weighted by molar-refractivity contribution is 0.0975. The summed E-state index contributed by atoms with van der Waals surface area (Å²) in [6.45, 7) is 9.00. The van der Waals surface area contributed by atoms with Crippen LogP contribution in [0.1, 0.15) is 38.8 Å². The molecule has 1 saturated heterocycles. The summed E-state index contributed by atoms with van der Waals surface area (Å²) in [6.07, 6.45) is 1.19. The van der Waals surface area contributed by atoms with Crippen molar-refractivity contribution < 1.29 is 0 Å². The molecule has 0 saturated carbocycles.